The Morgan fingerprint density at radius 3 is 2.41 bits per heavy atom. The van der Waals surface area contributed by atoms with Crippen LogP contribution in [0.1, 0.15) is 45.6 Å². The molecule has 0 saturated carbocycles. The third-order valence-electron chi connectivity index (χ3n) is 6.74. The number of ether oxygens (including phenoxy) is 1. The van der Waals surface area contributed by atoms with E-state index in [-0.39, 0.29) is 23.4 Å². The van der Waals surface area contributed by atoms with Crippen LogP contribution >= 0.6 is 0 Å². The van der Waals surface area contributed by atoms with Crippen LogP contribution in [0.25, 0.3) is 16.8 Å². The Bertz CT molecular complexity index is 1060. The first-order valence-electron chi connectivity index (χ1n) is 11.9. The number of nitriles is 1. The van der Waals surface area contributed by atoms with Crippen LogP contribution in [0.5, 0.6) is 0 Å². The minimum Gasteiger partial charge on any atom is -0.391 e. The van der Waals surface area contributed by atoms with Crippen molar-refractivity contribution in [2.45, 2.75) is 64.6 Å². The number of fused-ring (bicyclic) bond motifs is 1. The molecule has 4 N–H and O–H groups in total. The van der Waals surface area contributed by atoms with Crippen LogP contribution in [-0.4, -0.2) is 53.6 Å². The van der Waals surface area contributed by atoms with E-state index in [2.05, 4.69) is 29.2 Å². The summed E-state index contributed by atoms with van der Waals surface area (Å²) < 4.78 is 5.05. The van der Waals surface area contributed by atoms with Crippen LogP contribution in [0.3, 0.4) is 0 Å². The molecule has 0 aromatic heterocycles. The number of aliphatic hydroxyl groups excluding tert-OH is 2. The maximum atomic E-state index is 11.4. The van der Waals surface area contributed by atoms with Gasteiger partial charge >= 0.3 is 0 Å². The molecule has 2 aliphatic rings. The van der Waals surface area contributed by atoms with Crippen LogP contribution in [0, 0.1) is 17.2 Å². The highest BCUT2D eigenvalue weighted by atomic mass is 16.6. The Hall–Kier alpha value is -2.76. The molecule has 34 heavy (non-hydrogen) atoms. The van der Waals surface area contributed by atoms with Crippen molar-refractivity contribution in [1.29, 1.82) is 5.26 Å². The van der Waals surface area contributed by atoms with E-state index in [1.165, 1.54) is 37.3 Å². The highest BCUT2D eigenvalue weighted by molar-refractivity contribution is 6.02. The fraction of sp³-hybridized carbons (Fsp3) is 0.481. The minimum atomic E-state index is -1.03. The van der Waals surface area contributed by atoms with Crippen molar-refractivity contribution in [2.75, 3.05) is 18.0 Å². The second-order valence-electron chi connectivity index (χ2n) is 9.22. The van der Waals surface area contributed by atoms with Crippen molar-refractivity contribution < 1.29 is 19.7 Å². The van der Waals surface area contributed by atoms with Gasteiger partial charge in [-0.1, -0.05) is 25.1 Å². The van der Waals surface area contributed by atoms with Gasteiger partial charge in [-0.25, -0.2) is 0 Å². The van der Waals surface area contributed by atoms with Gasteiger partial charge in [0, 0.05) is 24.7 Å². The second kappa shape index (κ2) is 11.6. The van der Waals surface area contributed by atoms with Crippen molar-refractivity contribution >= 4 is 28.3 Å². The number of allylic oxidation sites excluding steroid dienone is 1. The van der Waals surface area contributed by atoms with Crippen molar-refractivity contribution in [1.82, 2.24) is 0 Å². The molecule has 2 heterocycles. The van der Waals surface area contributed by atoms with Crippen molar-refractivity contribution in [3.63, 3.8) is 0 Å². The van der Waals surface area contributed by atoms with Crippen LogP contribution in [0.15, 0.2) is 42.0 Å². The van der Waals surface area contributed by atoms with Crippen molar-refractivity contribution in [3.8, 4) is 6.07 Å². The highest BCUT2D eigenvalue weighted by Gasteiger charge is 2.37. The summed E-state index contributed by atoms with van der Waals surface area (Å²) in [4.78, 5) is 13.8. The number of hydrogen-bond donors (Lipinski definition) is 3. The lowest BCUT2D eigenvalue weighted by molar-refractivity contribution is -0.216. The van der Waals surface area contributed by atoms with E-state index >= 15 is 0 Å². The topological polar surface area (TPSA) is 120 Å². The molecule has 0 radical (unpaired) electrons. The van der Waals surface area contributed by atoms with Gasteiger partial charge in [0.15, 0.2) is 12.1 Å². The number of Topliss-reactive ketones (excluding diaryl/α,β-unsaturated/α-hetero) is 1. The predicted molar refractivity (Wildman–Crippen MR) is 134 cm³/mol. The molecular weight excluding hydrogens is 430 g/mol. The number of carbonyl (C=O) groups is 1. The third-order valence-corrected chi connectivity index (χ3v) is 6.74. The predicted octanol–water partition coefficient (Wildman–Crippen LogP) is 3.37. The van der Waals surface area contributed by atoms with Gasteiger partial charge in [-0.15, -0.1) is 0 Å². The number of nitrogens with zero attached hydrogens (tertiary/aromatic N) is 2. The number of rotatable bonds is 3. The average molecular weight is 466 g/mol. The van der Waals surface area contributed by atoms with E-state index in [0.717, 1.165) is 24.0 Å². The second-order valence-corrected chi connectivity index (χ2v) is 9.22. The third kappa shape index (κ3) is 6.22. The molecule has 2 aromatic carbocycles. The smallest absolute Gasteiger partial charge is 0.172 e. The van der Waals surface area contributed by atoms with Crippen LogP contribution < -0.4 is 10.6 Å². The number of ketones is 1. The van der Waals surface area contributed by atoms with Gasteiger partial charge in [-0.2, -0.15) is 5.26 Å². The molecule has 2 saturated heterocycles. The summed E-state index contributed by atoms with van der Waals surface area (Å²) in [6.45, 7) is 7.35. The Kier molecular flexibility index (Phi) is 8.81. The molecule has 182 valence electrons. The Labute approximate surface area is 201 Å². The number of hydrogen-bond acceptors (Lipinski definition) is 7. The van der Waals surface area contributed by atoms with Gasteiger partial charge in [-0.05, 0) is 73.7 Å². The van der Waals surface area contributed by atoms with E-state index in [0.29, 0.717) is 0 Å². The summed E-state index contributed by atoms with van der Waals surface area (Å²) in [6, 6.07) is 13.8. The summed E-state index contributed by atoms with van der Waals surface area (Å²) in [7, 11) is 0. The number of aliphatic hydroxyl groups is 2. The molecule has 5 unspecified atom stereocenters. The van der Waals surface area contributed by atoms with Crippen LogP contribution in [0.4, 0.5) is 5.69 Å². The molecule has 2 aliphatic heterocycles. The molecule has 2 aromatic rings. The lowest BCUT2D eigenvalue weighted by atomic mass is 9.91. The maximum Gasteiger partial charge on any atom is 0.172 e. The van der Waals surface area contributed by atoms with E-state index in [1.807, 2.05) is 32.0 Å². The van der Waals surface area contributed by atoms with E-state index in [4.69, 9.17) is 20.8 Å². The van der Waals surface area contributed by atoms with E-state index in [9.17, 15) is 9.90 Å². The summed E-state index contributed by atoms with van der Waals surface area (Å²) in [5, 5.41) is 29.9. The fourth-order valence-corrected chi connectivity index (χ4v) is 4.30. The summed E-state index contributed by atoms with van der Waals surface area (Å²) in [6.07, 6.45) is 3.68. The normalized spacial score (nSPS) is 27.5. The number of anilines is 1. The zero-order valence-electron chi connectivity index (χ0n) is 20.1. The summed E-state index contributed by atoms with van der Waals surface area (Å²) >= 11 is 0. The largest absolute Gasteiger partial charge is 0.391 e. The molecule has 2 fully saturated rings. The zero-order chi connectivity index (χ0) is 24.8. The first kappa shape index (κ1) is 25.9. The minimum absolute atomic E-state index is 0.0200. The van der Waals surface area contributed by atoms with Crippen LogP contribution in [0.2, 0.25) is 0 Å². The van der Waals surface area contributed by atoms with E-state index < -0.39 is 18.4 Å². The molecular formula is C27H35N3O4. The lowest BCUT2D eigenvalue weighted by Crippen LogP contribution is -2.56. The van der Waals surface area contributed by atoms with Crippen molar-refractivity contribution in [2.24, 2.45) is 11.7 Å². The molecule has 7 nitrogen and oxygen atoms in total. The quantitative estimate of drug-likeness (QED) is 0.469. The highest BCUT2D eigenvalue weighted by Crippen LogP contribution is 2.26. The Morgan fingerprint density at radius 2 is 1.76 bits per heavy atom. The number of nitrogens with two attached hydrogens (primary N) is 1. The average Bonchev–Trinajstić information content (AvgIpc) is 2.85. The van der Waals surface area contributed by atoms with Gasteiger partial charge in [0.25, 0.3) is 0 Å². The standard InChI is InChI=1S/C20H20N2O.C7H15NO3/c1-15(23)19(14-21)12-16-5-6-18-13-20(8-7-17(18)11-16)22-9-3-2-4-10-22;1-3-4(2)11-7(10)5(8)6(3)9/h5-8,11-13H,2-4,9-10H2,1H3;3-7,9-10H,8H2,1-2H3/b19-12+;. The van der Waals surface area contributed by atoms with Gasteiger partial charge < -0.3 is 25.6 Å². The molecule has 0 amide bonds. The SMILES string of the molecule is CC(=O)/C(C#N)=C/c1ccc2cc(N3CCCCC3)ccc2c1.CC1OC(O)C(N)C(O)C1C. The van der Waals surface area contributed by atoms with Gasteiger partial charge in [0.2, 0.25) is 0 Å². The maximum absolute atomic E-state index is 11.4. The molecule has 0 bridgehead atoms. The molecule has 0 spiro atoms. The molecule has 5 atom stereocenters. The Balaban J connectivity index is 0.000000248. The lowest BCUT2D eigenvalue weighted by Gasteiger charge is -2.38. The van der Waals surface area contributed by atoms with E-state index in [1.54, 1.807) is 6.08 Å². The Morgan fingerprint density at radius 1 is 1.12 bits per heavy atom. The number of piperidine rings is 1. The van der Waals surface area contributed by atoms with Gasteiger partial charge in [0.05, 0.1) is 23.8 Å². The first-order valence-corrected chi connectivity index (χ1v) is 11.9. The summed E-state index contributed by atoms with van der Waals surface area (Å²) in [5.74, 6) is -0.221. The van der Waals surface area contributed by atoms with Crippen LogP contribution in [-0.2, 0) is 9.53 Å². The molecule has 0 aliphatic carbocycles. The van der Waals surface area contributed by atoms with Crippen molar-refractivity contribution in [3.05, 3.63) is 47.5 Å². The van der Waals surface area contributed by atoms with Gasteiger partial charge in [0.1, 0.15) is 6.07 Å². The van der Waals surface area contributed by atoms with Gasteiger partial charge in [-0.3, -0.25) is 4.79 Å². The molecule has 7 heteroatoms. The zero-order valence-corrected chi connectivity index (χ0v) is 20.1. The number of carbonyl (C=O) groups excluding carboxylic acids is 1. The first-order chi connectivity index (χ1) is 16.2. The monoisotopic (exact) mass is 465 g/mol. The summed E-state index contributed by atoms with van der Waals surface area (Å²) in [5.41, 5.74) is 7.80. The molecule has 4 rings (SSSR count). The number of benzene rings is 2. The fourth-order valence-electron chi connectivity index (χ4n) is 4.30.